The van der Waals surface area contributed by atoms with Gasteiger partial charge in [0.2, 0.25) is 0 Å². The van der Waals surface area contributed by atoms with Gasteiger partial charge in [0, 0.05) is 60.0 Å². The summed E-state index contributed by atoms with van der Waals surface area (Å²) in [4.78, 5) is 43.1. The third kappa shape index (κ3) is 5.47. The predicted octanol–water partition coefficient (Wildman–Crippen LogP) is 3.88. The lowest BCUT2D eigenvalue weighted by atomic mass is 10.2. The molecule has 9 nitrogen and oxygen atoms in total. The minimum Gasteiger partial charge on any atom is -0.451 e. The molecule has 1 aliphatic heterocycles. The van der Waals surface area contributed by atoms with Crippen LogP contribution in [-0.4, -0.2) is 59.5 Å². The molecule has 11 heteroatoms. The summed E-state index contributed by atoms with van der Waals surface area (Å²) in [6.07, 6.45) is 0. The standard InChI is InChI=1S/C22H19ClN4O5S/c23-16-3-1-15(2-4-16)21-24-19(14-33-21)22(29)32-13-20(28)26-11-9-25(10-12-26)17-5-7-18(8-6-17)27(30)31/h1-8,14H,9-13H2. The highest BCUT2D eigenvalue weighted by atomic mass is 35.5. The molecule has 2 aromatic carbocycles. The smallest absolute Gasteiger partial charge is 0.358 e. The lowest BCUT2D eigenvalue weighted by molar-refractivity contribution is -0.384. The van der Waals surface area contributed by atoms with Crippen LogP contribution in [0.15, 0.2) is 53.9 Å². The second-order valence-electron chi connectivity index (χ2n) is 7.26. The zero-order chi connectivity index (χ0) is 23.4. The summed E-state index contributed by atoms with van der Waals surface area (Å²) in [5.41, 5.74) is 1.89. The minimum atomic E-state index is -0.649. The van der Waals surface area contributed by atoms with Crippen LogP contribution >= 0.6 is 22.9 Å². The Morgan fingerprint density at radius 3 is 2.36 bits per heavy atom. The van der Waals surface area contributed by atoms with Crippen molar-refractivity contribution in [1.82, 2.24) is 9.88 Å². The predicted molar refractivity (Wildman–Crippen MR) is 125 cm³/mol. The highest BCUT2D eigenvalue weighted by Crippen LogP contribution is 2.25. The number of non-ortho nitro benzene ring substituents is 1. The number of piperazine rings is 1. The van der Waals surface area contributed by atoms with Crippen molar-refractivity contribution in [2.24, 2.45) is 0 Å². The van der Waals surface area contributed by atoms with E-state index in [9.17, 15) is 19.7 Å². The Bertz CT molecular complexity index is 1160. The molecule has 2 heterocycles. The van der Waals surface area contributed by atoms with Crippen LogP contribution in [0.5, 0.6) is 0 Å². The van der Waals surface area contributed by atoms with Crippen molar-refractivity contribution in [3.8, 4) is 10.6 Å². The Kier molecular flexibility index (Phi) is 6.85. The molecular weight excluding hydrogens is 468 g/mol. The second-order valence-corrected chi connectivity index (χ2v) is 8.56. The Morgan fingerprint density at radius 1 is 1.06 bits per heavy atom. The molecule has 1 aromatic heterocycles. The molecule has 0 bridgehead atoms. The molecule has 0 unspecified atom stereocenters. The number of aromatic nitrogens is 1. The zero-order valence-electron chi connectivity index (χ0n) is 17.3. The van der Waals surface area contributed by atoms with Gasteiger partial charge in [-0.15, -0.1) is 11.3 Å². The molecule has 0 spiro atoms. The molecule has 0 aliphatic carbocycles. The van der Waals surface area contributed by atoms with Crippen molar-refractivity contribution in [1.29, 1.82) is 0 Å². The van der Waals surface area contributed by atoms with E-state index in [1.807, 2.05) is 17.0 Å². The highest BCUT2D eigenvalue weighted by molar-refractivity contribution is 7.13. The average molecular weight is 487 g/mol. The highest BCUT2D eigenvalue weighted by Gasteiger charge is 2.23. The number of halogens is 1. The molecular formula is C22H19ClN4O5S. The maximum atomic E-state index is 12.5. The van der Waals surface area contributed by atoms with E-state index in [4.69, 9.17) is 16.3 Å². The van der Waals surface area contributed by atoms with Crippen LogP contribution in [0.3, 0.4) is 0 Å². The van der Waals surface area contributed by atoms with Gasteiger partial charge in [0.25, 0.3) is 11.6 Å². The molecule has 0 atom stereocenters. The third-order valence-electron chi connectivity index (χ3n) is 5.19. The summed E-state index contributed by atoms with van der Waals surface area (Å²) in [6, 6.07) is 13.4. The van der Waals surface area contributed by atoms with Gasteiger partial charge in [-0.05, 0) is 24.3 Å². The number of hydrogen-bond donors (Lipinski definition) is 0. The van der Waals surface area contributed by atoms with Gasteiger partial charge in [0.15, 0.2) is 12.3 Å². The van der Waals surface area contributed by atoms with E-state index in [0.29, 0.717) is 36.2 Å². The van der Waals surface area contributed by atoms with E-state index in [1.54, 1.807) is 34.5 Å². The van der Waals surface area contributed by atoms with Gasteiger partial charge in [-0.2, -0.15) is 0 Å². The molecule has 3 aromatic rings. The second kappa shape index (κ2) is 9.97. The number of rotatable bonds is 6. The summed E-state index contributed by atoms with van der Waals surface area (Å²) >= 11 is 7.20. The van der Waals surface area contributed by atoms with E-state index in [0.717, 1.165) is 11.3 Å². The number of thiazole rings is 1. The largest absolute Gasteiger partial charge is 0.451 e. The fraction of sp³-hybridized carbons (Fsp3) is 0.227. The topological polar surface area (TPSA) is 106 Å². The number of nitrogens with zero attached hydrogens (tertiary/aromatic N) is 4. The zero-order valence-corrected chi connectivity index (χ0v) is 18.9. The summed E-state index contributed by atoms with van der Waals surface area (Å²) in [5.74, 6) is -0.927. The first-order chi connectivity index (χ1) is 15.9. The molecule has 0 saturated carbocycles. The number of hydrogen-bond acceptors (Lipinski definition) is 8. The van der Waals surface area contributed by atoms with Crippen molar-refractivity contribution in [3.63, 3.8) is 0 Å². The van der Waals surface area contributed by atoms with Crippen LogP contribution in [0.1, 0.15) is 10.5 Å². The lowest BCUT2D eigenvalue weighted by Gasteiger charge is -2.36. The SMILES string of the molecule is O=C(OCC(=O)N1CCN(c2ccc([N+](=O)[O-])cc2)CC1)c1csc(-c2ccc(Cl)cc2)n1. The van der Waals surface area contributed by atoms with Gasteiger partial charge < -0.3 is 14.5 Å². The van der Waals surface area contributed by atoms with Crippen LogP contribution in [0, 0.1) is 10.1 Å². The number of nitro benzene ring substituents is 1. The van der Waals surface area contributed by atoms with Gasteiger partial charge in [-0.1, -0.05) is 23.7 Å². The average Bonchev–Trinajstić information content (AvgIpc) is 3.33. The number of amides is 1. The van der Waals surface area contributed by atoms with Crippen LogP contribution < -0.4 is 4.90 Å². The number of anilines is 1. The van der Waals surface area contributed by atoms with Gasteiger partial charge in [-0.3, -0.25) is 14.9 Å². The molecule has 170 valence electrons. The molecule has 4 rings (SSSR count). The molecule has 1 aliphatic rings. The first-order valence-electron chi connectivity index (χ1n) is 10.1. The van der Waals surface area contributed by atoms with Crippen molar-refractivity contribution < 1.29 is 19.2 Å². The Labute approximate surface area is 198 Å². The van der Waals surface area contributed by atoms with Crippen molar-refractivity contribution in [3.05, 3.63) is 74.7 Å². The summed E-state index contributed by atoms with van der Waals surface area (Å²) in [6.45, 7) is 1.72. The van der Waals surface area contributed by atoms with Crippen molar-refractivity contribution in [2.45, 2.75) is 0 Å². The van der Waals surface area contributed by atoms with E-state index >= 15 is 0 Å². The molecule has 1 fully saturated rings. The van der Waals surface area contributed by atoms with Crippen molar-refractivity contribution in [2.75, 3.05) is 37.7 Å². The van der Waals surface area contributed by atoms with Crippen LogP contribution in [0.4, 0.5) is 11.4 Å². The Hall–Kier alpha value is -3.50. The summed E-state index contributed by atoms with van der Waals surface area (Å²) < 4.78 is 5.17. The first-order valence-corrected chi connectivity index (χ1v) is 11.3. The minimum absolute atomic E-state index is 0.0368. The number of esters is 1. The molecule has 33 heavy (non-hydrogen) atoms. The normalized spacial score (nSPS) is 13.6. The van der Waals surface area contributed by atoms with Crippen LogP contribution in [0.2, 0.25) is 5.02 Å². The number of nitro groups is 1. The molecule has 1 amide bonds. The van der Waals surface area contributed by atoms with Gasteiger partial charge in [0.05, 0.1) is 4.92 Å². The number of carbonyl (C=O) groups is 2. The molecule has 0 radical (unpaired) electrons. The van der Waals surface area contributed by atoms with E-state index in [1.165, 1.54) is 23.5 Å². The number of benzene rings is 2. The number of ether oxygens (including phenoxy) is 1. The molecule has 0 N–H and O–H groups in total. The molecule has 1 saturated heterocycles. The summed E-state index contributed by atoms with van der Waals surface area (Å²) in [5, 5.41) is 13.7. The third-order valence-corrected chi connectivity index (χ3v) is 6.33. The monoisotopic (exact) mass is 486 g/mol. The van der Waals surface area contributed by atoms with Gasteiger partial charge in [0.1, 0.15) is 5.01 Å². The van der Waals surface area contributed by atoms with Gasteiger partial charge >= 0.3 is 5.97 Å². The van der Waals surface area contributed by atoms with Gasteiger partial charge in [-0.25, -0.2) is 9.78 Å². The fourth-order valence-electron chi connectivity index (χ4n) is 3.38. The van der Waals surface area contributed by atoms with E-state index in [2.05, 4.69) is 4.98 Å². The fourth-order valence-corrected chi connectivity index (χ4v) is 4.31. The number of carbonyl (C=O) groups excluding carboxylic acids is 2. The lowest BCUT2D eigenvalue weighted by Crippen LogP contribution is -2.49. The summed E-state index contributed by atoms with van der Waals surface area (Å²) in [7, 11) is 0. The Balaban J connectivity index is 1.26. The van der Waals surface area contributed by atoms with Crippen LogP contribution in [-0.2, 0) is 9.53 Å². The van der Waals surface area contributed by atoms with Crippen LogP contribution in [0.25, 0.3) is 10.6 Å². The maximum absolute atomic E-state index is 12.5. The maximum Gasteiger partial charge on any atom is 0.358 e. The van der Waals surface area contributed by atoms with E-state index < -0.39 is 10.9 Å². The van der Waals surface area contributed by atoms with E-state index in [-0.39, 0.29) is 23.9 Å². The Morgan fingerprint density at radius 2 is 1.73 bits per heavy atom. The quantitative estimate of drug-likeness (QED) is 0.295. The first kappa shape index (κ1) is 22.7. The van der Waals surface area contributed by atoms with Crippen molar-refractivity contribution >= 4 is 46.2 Å².